The Bertz CT molecular complexity index is 473. The van der Waals surface area contributed by atoms with Crippen molar-refractivity contribution in [3.8, 4) is 0 Å². The minimum Gasteiger partial charge on any atom is -0.465 e. The van der Waals surface area contributed by atoms with E-state index in [1.54, 1.807) is 6.92 Å². The first kappa shape index (κ1) is 16.7. The SMILES string of the molecule is CCOC(=O)C1CCCN1S(=O)(=O)NC1(CO)CCCC1. The van der Waals surface area contributed by atoms with Crippen molar-refractivity contribution in [2.75, 3.05) is 19.8 Å². The molecule has 1 saturated heterocycles. The van der Waals surface area contributed by atoms with Crippen LogP contribution in [0.1, 0.15) is 45.4 Å². The number of aliphatic hydroxyl groups excluding tert-OH is 1. The van der Waals surface area contributed by atoms with Crippen molar-refractivity contribution in [3.05, 3.63) is 0 Å². The van der Waals surface area contributed by atoms with Crippen molar-refractivity contribution in [1.82, 2.24) is 9.03 Å². The molecule has 1 aliphatic heterocycles. The molecule has 0 spiro atoms. The first-order valence-electron chi connectivity index (χ1n) is 7.52. The zero-order valence-electron chi connectivity index (χ0n) is 12.4. The van der Waals surface area contributed by atoms with Gasteiger partial charge in [0.2, 0.25) is 0 Å². The normalized spacial score (nSPS) is 26.1. The van der Waals surface area contributed by atoms with Crippen molar-refractivity contribution in [3.63, 3.8) is 0 Å². The number of carbonyl (C=O) groups excluding carboxylic acids is 1. The largest absolute Gasteiger partial charge is 0.465 e. The zero-order valence-corrected chi connectivity index (χ0v) is 13.2. The van der Waals surface area contributed by atoms with Gasteiger partial charge in [0.25, 0.3) is 10.2 Å². The van der Waals surface area contributed by atoms with E-state index in [1.165, 1.54) is 4.31 Å². The Balaban J connectivity index is 2.12. The molecule has 1 saturated carbocycles. The molecule has 2 fully saturated rings. The summed E-state index contributed by atoms with van der Waals surface area (Å²) in [7, 11) is -3.80. The Morgan fingerprint density at radius 3 is 2.62 bits per heavy atom. The number of ether oxygens (including phenoxy) is 1. The fraction of sp³-hybridized carbons (Fsp3) is 0.923. The number of carbonyl (C=O) groups is 1. The summed E-state index contributed by atoms with van der Waals surface area (Å²) in [4.78, 5) is 11.9. The van der Waals surface area contributed by atoms with E-state index in [-0.39, 0.29) is 13.2 Å². The van der Waals surface area contributed by atoms with Crippen LogP contribution in [0.25, 0.3) is 0 Å². The molecule has 2 N–H and O–H groups in total. The first-order valence-corrected chi connectivity index (χ1v) is 8.96. The third-order valence-electron chi connectivity index (χ3n) is 4.28. The van der Waals surface area contributed by atoms with Gasteiger partial charge in [-0.2, -0.15) is 17.4 Å². The molecule has 0 radical (unpaired) electrons. The van der Waals surface area contributed by atoms with Gasteiger partial charge >= 0.3 is 5.97 Å². The van der Waals surface area contributed by atoms with E-state index in [4.69, 9.17) is 4.74 Å². The van der Waals surface area contributed by atoms with Gasteiger partial charge in [-0.25, -0.2) is 0 Å². The summed E-state index contributed by atoms with van der Waals surface area (Å²) < 4.78 is 33.9. The van der Waals surface area contributed by atoms with E-state index in [0.29, 0.717) is 32.2 Å². The van der Waals surface area contributed by atoms with E-state index in [1.807, 2.05) is 0 Å². The second kappa shape index (κ2) is 6.60. The van der Waals surface area contributed by atoms with E-state index < -0.39 is 27.8 Å². The van der Waals surface area contributed by atoms with Crippen LogP contribution in [0, 0.1) is 0 Å². The molecule has 8 heteroatoms. The van der Waals surface area contributed by atoms with Gasteiger partial charge in [-0.3, -0.25) is 4.79 Å². The number of esters is 1. The maximum atomic E-state index is 12.6. The zero-order chi connectivity index (χ0) is 15.5. The summed E-state index contributed by atoms with van der Waals surface area (Å²) in [5.41, 5.74) is -0.777. The molecule has 1 aliphatic carbocycles. The van der Waals surface area contributed by atoms with Crippen molar-refractivity contribution < 1.29 is 23.1 Å². The van der Waals surface area contributed by atoms with Crippen LogP contribution < -0.4 is 4.72 Å². The van der Waals surface area contributed by atoms with Gasteiger partial charge in [0.05, 0.1) is 18.8 Å². The van der Waals surface area contributed by atoms with Crippen LogP contribution in [0.5, 0.6) is 0 Å². The Kier molecular flexibility index (Phi) is 5.24. The highest BCUT2D eigenvalue weighted by atomic mass is 32.2. The molecule has 122 valence electrons. The van der Waals surface area contributed by atoms with Crippen LogP contribution >= 0.6 is 0 Å². The lowest BCUT2D eigenvalue weighted by atomic mass is 10.0. The van der Waals surface area contributed by atoms with Crippen LogP contribution in [0.4, 0.5) is 0 Å². The summed E-state index contributed by atoms with van der Waals surface area (Å²) >= 11 is 0. The van der Waals surface area contributed by atoms with Crippen LogP contribution in [0.15, 0.2) is 0 Å². The molecule has 7 nitrogen and oxygen atoms in total. The average Bonchev–Trinajstić information content (AvgIpc) is 3.07. The number of nitrogens with zero attached hydrogens (tertiary/aromatic N) is 1. The molecule has 21 heavy (non-hydrogen) atoms. The van der Waals surface area contributed by atoms with Gasteiger partial charge in [-0.1, -0.05) is 12.8 Å². The Hall–Kier alpha value is -0.700. The minimum absolute atomic E-state index is 0.218. The van der Waals surface area contributed by atoms with Crippen molar-refractivity contribution in [1.29, 1.82) is 0 Å². The highest BCUT2D eigenvalue weighted by Crippen LogP contribution is 2.31. The highest BCUT2D eigenvalue weighted by molar-refractivity contribution is 7.87. The molecule has 2 rings (SSSR count). The van der Waals surface area contributed by atoms with Gasteiger partial charge in [0.1, 0.15) is 6.04 Å². The van der Waals surface area contributed by atoms with Crippen molar-refractivity contribution in [2.24, 2.45) is 0 Å². The molecule has 1 unspecified atom stereocenters. The highest BCUT2D eigenvalue weighted by Gasteiger charge is 2.44. The maximum Gasteiger partial charge on any atom is 0.324 e. The topological polar surface area (TPSA) is 95.9 Å². The molecular formula is C13H24N2O5S. The Morgan fingerprint density at radius 1 is 1.38 bits per heavy atom. The van der Waals surface area contributed by atoms with Gasteiger partial charge < -0.3 is 9.84 Å². The minimum atomic E-state index is -3.80. The van der Waals surface area contributed by atoms with E-state index >= 15 is 0 Å². The molecule has 1 atom stereocenters. The fourth-order valence-corrected chi connectivity index (χ4v) is 5.01. The molecule has 0 amide bonds. The van der Waals surface area contributed by atoms with Gasteiger partial charge in [-0.05, 0) is 32.6 Å². The fourth-order valence-electron chi connectivity index (χ4n) is 3.18. The lowest BCUT2D eigenvalue weighted by Gasteiger charge is -2.31. The average molecular weight is 320 g/mol. The van der Waals surface area contributed by atoms with Crippen molar-refractivity contribution in [2.45, 2.75) is 57.0 Å². The molecule has 0 aromatic rings. The van der Waals surface area contributed by atoms with Gasteiger partial charge in [-0.15, -0.1) is 0 Å². The Labute approximate surface area is 125 Å². The molecule has 0 aromatic carbocycles. The summed E-state index contributed by atoms with van der Waals surface area (Å²) in [5, 5.41) is 9.54. The van der Waals surface area contributed by atoms with Crippen LogP contribution in [-0.2, 0) is 19.7 Å². The molecule has 0 bridgehead atoms. The molecule has 0 aromatic heterocycles. The third kappa shape index (κ3) is 3.56. The number of hydrogen-bond donors (Lipinski definition) is 2. The number of hydrogen-bond acceptors (Lipinski definition) is 5. The lowest BCUT2D eigenvalue weighted by Crippen LogP contribution is -2.56. The van der Waals surface area contributed by atoms with Gasteiger partial charge in [0, 0.05) is 6.54 Å². The smallest absolute Gasteiger partial charge is 0.324 e. The number of aliphatic hydroxyl groups is 1. The van der Waals surface area contributed by atoms with Gasteiger partial charge in [0.15, 0.2) is 0 Å². The maximum absolute atomic E-state index is 12.6. The molecular weight excluding hydrogens is 296 g/mol. The number of nitrogens with one attached hydrogen (secondary N) is 1. The first-order chi connectivity index (χ1) is 9.94. The lowest BCUT2D eigenvalue weighted by molar-refractivity contribution is -0.146. The standard InChI is InChI=1S/C13H24N2O5S/c1-2-20-12(17)11-6-5-9-15(11)21(18,19)14-13(10-16)7-3-4-8-13/h11,14,16H,2-10H2,1H3. The van der Waals surface area contributed by atoms with E-state index in [9.17, 15) is 18.3 Å². The summed E-state index contributed by atoms with van der Waals surface area (Å²) in [5.74, 6) is -0.496. The predicted octanol–water partition coefficient (Wildman–Crippen LogP) is 0.153. The molecule has 2 aliphatic rings. The van der Waals surface area contributed by atoms with Crippen LogP contribution in [0.3, 0.4) is 0 Å². The molecule has 1 heterocycles. The van der Waals surface area contributed by atoms with E-state index in [2.05, 4.69) is 4.72 Å². The Morgan fingerprint density at radius 2 is 2.05 bits per heavy atom. The van der Waals surface area contributed by atoms with Crippen LogP contribution in [0.2, 0.25) is 0 Å². The third-order valence-corrected chi connectivity index (χ3v) is 6.03. The summed E-state index contributed by atoms with van der Waals surface area (Å²) in [6.45, 7) is 2.02. The number of rotatable bonds is 6. The summed E-state index contributed by atoms with van der Waals surface area (Å²) in [6, 6.07) is -0.750. The second-order valence-electron chi connectivity index (χ2n) is 5.77. The van der Waals surface area contributed by atoms with Crippen LogP contribution in [-0.4, -0.2) is 55.1 Å². The van der Waals surface area contributed by atoms with E-state index in [0.717, 1.165) is 12.8 Å². The van der Waals surface area contributed by atoms with Crippen molar-refractivity contribution >= 4 is 16.2 Å². The summed E-state index contributed by atoms with van der Waals surface area (Å²) in [6.07, 6.45) is 4.15. The quantitative estimate of drug-likeness (QED) is 0.679. The monoisotopic (exact) mass is 320 g/mol. The second-order valence-corrected chi connectivity index (χ2v) is 7.40. The predicted molar refractivity (Wildman–Crippen MR) is 76.7 cm³/mol.